The third-order valence-corrected chi connectivity index (χ3v) is 4.08. The highest BCUT2D eigenvalue weighted by Crippen LogP contribution is 2.45. The van der Waals surface area contributed by atoms with E-state index < -0.39 is 0 Å². The van der Waals surface area contributed by atoms with Crippen LogP contribution in [-0.2, 0) is 5.54 Å². The van der Waals surface area contributed by atoms with E-state index in [1.165, 1.54) is 12.8 Å². The zero-order chi connectivity index (χ0) is 12.5. The third-order valence-electron chi connectivity index (χ3n) is 3.49. The van der Waals surface area contributed by atoms with E-state index in [4.69, 9.17) is 15.2 Å². The summed E-state index contributed by atoms with van der Waals surface area (Å²) in [6.07, 6.45) is 4.36. The van der Waals surface area contributed by atoms with Crippen LogP contribution < -0.4 is 15.2 Å². The summed E-state index contributed by atoms with van der Waals surface area (Å²) in [6, 6.07) is 3.90. The Hall–Kier alpha value is -0.740. The first-order valence-electron chi connectivity index (χ1n) is 5.81. The van der Waals surface area contributed by atoms with Gasteiger partial charge in [0.2, 0.25) is 0 Å². The summed E-state index contributed by atoms with van der Waals surface area (Å²) in [6.45, 7) is 0. The maximum Gasteiger partial charge on any atom is 0.138 e. The molecule has 0 heterocycles. The molecule has 94 valence electrons. The molecule has 0 bridgehead atoms. The fraction of sp³-hybridized carbons (Fsp3) is 0.538. The van der Waals surface area contributed by atoms with Crippen molar-refractivity contribution in [2.75, 3.05) is 14.2 Å². The van der Waals surface area contributed by atoms with E-state index in [-0.39, 0.29) is 5.54 Å². The molecule has 1 aliphatic carbocycles. The summed E-state index contributed by atoms with van der Waals surface area (Å²) in [4.78, 5) is 0. The summed E-state index contributed by atoms with van der Waals surface area (Å²) in [7, 11) is 3.34. The van der Waals surface area contributed by atoms with E-state index >= 15 is 0 Å². The Morgan fingerprint density at radius 3 is 2.35 bits per heavy atom. The van der Waals surface area contributed by atoms with Gasteiger partial charge in [-0.1, -0.05) is 12.8 Å². The first-order valence-corrected chi connectivity index (χ1v) is 6.61. The van der Waals surface area contributed by atoms with Crippen LogP contribution >= 0.6 is 15.9 Å². The van der Waals surface area contributed by atoms with Crippen LogP contribution in [0.25, 0.3) is 0 Å². The molecule has 1 aliphatic rings. The summed E-state index contributed by atoms with van der Waals surface area (Å²) in [5.41, 5.74) is 7.26. The van der Waals surface area contributed by atoms with Crippen LogP contribution in [0.4, 0.5) is 0 Å². The third kappa shape index (κ3) is 2.29. The van der Waals surface area contributed by atoms with Gasteiger partial charge in [-0.25, -0.2) is 0 Å². The molecule has 0 unspecified atom stereocenters. The molecule has 3 nitrogen and oxygen atoms in total. The molecule has 0 atom stereocenters. The Bertz CT molecular complexity index is 414. The van der Waals surface area contributed by atoms with E-state index in [1.807, 2.05) is 12.1 Å². The molecular weight excluding hydrogens is 282 g/mol. The zero-order valence-corrected chi connectivity index (χ0v) is 11.8. The highest BCUT2D eigenvalue weighted by atomic mass is 79.9. The molecule has 0 amide bonds. The number of benzene rings is 1. The standard InChI is InChI=1S/C13H18BrNO2/c1-16-9-7-10(12(17-2)11(14)8-9)13(15)5-3-4-6-13/h7-8H,3-6,15H2,1-2H3. The maximum atomic E-state index is 6.49. The summed E-state index contributed by atoms with van der Waals surface area (Å²) < 4.78 is 11.7. The second-order valence-electron chi connectivity index (χ2n) is 4.55. The SMILES string of the molecule is COc1cc(Br)c(OC)c(C2(N)CCCC2)c1. The normalized spacial score (nSPS) is 18.1. The van der Waals surface area contributed by atoms with Crippen LogP contribution in [0.3, 0.4) is 0 Å². The Balaban J connectivity index is 2.53. The van der Waals surface area contributed by atoms with Crippen LogP contribution in [0.15, 0.2) is 16.6 Å². The Kier molecular flexibility index (Phi) is 3.64. The molecule has 17 heavy (non-hydrogen) atoms. The van der Waals surface area contributed by atoms with E-state index in [9.17, 15) is 0 Å². The Morgan fingerprint density at radius 1 is 1.18 bits per heavy atom. The van der Waals surface area contributed by atoms with Gasteiger partial charge in [0.15, 0.2) is 0 Å². The average Bonchev–Trinajstić information content (AvgIpc) is 2.76. The Morgan fingerprint density at radius 2 is 1.82 bits per heavy atom. The molecule has 0 radical (unpaired) electrons. The highest BCUT2D eigenvalue weighted by molar-refractivity contribution is 9.10. The lowest BCUT2D eigenvalue weighted by Crippen LogP contribution is -2.33. The second-order valence-corrected chi connectivity index (χ2v) is 5.41. The van der Waals surface area contributed by atoms with Gasteiger partial charge in [-0.2, -0.15) is 0 Å². The van der Waals surface area contributed by atoms with E-state index in [0.717, 1.165) is 34.4 Å². The smallest absolute Gasteiger partial charge is 0.138 e. The van der Waals surface area contributed by atoms with Crippen LogP contribution in [0, 0.1) is 0 Å². The number of ether oxygens (including phenoxy) is 2. The molecular formula is C13H18BrNO2. The number of hydrogen-bond donors (Lipinski definition) is 1. The van der Waals surface area contributed by atoms with Gasteiger partial charge >= 0.3 is 0 Å². The molecule has 0 aliphatic heterocycles. The van der Waals surface area contributed by atoms with Gasteiger partial charge in [-0.05, 0) is 40.9 Å². The lowest BCUT2D eigenvalue weighted by atomic mass is 9.88. The van der Waals surface area contributed by atoms with Crippen molar-refractivity contribution < 1.29 is 9.47 Å². The van der Waals surface area contributed by atoms with Crippen LogP contribution in [0.1, 0.15) is 31.2 Å². The second kappa shape index (κ2) is 4.86. The number of nitrogens with two attached hydrogens (primary N) is 1. The van der Waals surface area contributed by atoms with E-state index in [1.54, 1.807) is 14.2 Å². The van der Waals surface area contributed by atoms with Gasteiger partial charge in [0.25, 0.3) is 0 Å². The summed E-state index contributed by atoms with van der Waals surface area (Å²) >= 11 is 3.51. The number of halogens is 1. The van der Waals surface area contributed by atoms with Gasteiger partial charge in [0.05, 0.1) is 18.7 Å². The summed E-state index contributed by atoms with van der Waals surface area (Å²) in [5.74, 6) is 1.64. The van der Waals surface area contributed by atoms with Gasteiger partial charge in [-0.15, -0.1) is 0 Å². The predicted molar refractivity (Wildman–Crippen MR) is 71.6 cm³/mol. The molecule has 0 aromatic heterocycles. The van der Waals surface area contributed by atoms with Gasteiger partial charge in [0, 0.05) is 11.1 Å². The first-order chi connectivity index (χ1) is 8.10. The summed E-state index contributed by atoms with van der Waals surface area (Å²) in [5, 5.41) is 0. The molecule has 1 saturated carbocycles. The van der Waals surface area contributed by atoms with Crippen molar-refractivity contribution in [2.24, 2.45) is 5.73 Å². The van der Waals surface area contributed by atoms with Crippen LogP contribution in [0.5, 0.6) is 11.5 Å². The van der Waals surface area contributed by atoms with Crippen LogP contribution in [-0.4, -0.2) is 14.2 Å². The number of rotatable bonds is 3. The van der Waals surface area contributed by atoms with Crippen molar-refractivity contribution in [3.8, 4) is 11.5 Å². The quantitative estimate of drug-likeness (QED) is 0.932. The molecule has 1 aromatic carbocycles. The molecule has 1 aromatic rings. The number of hydrogen-bond acceptors (Lipinski definition) is 3. The van der Waals surface area contributed by atoms with E-state index in [2.05, 4.69) is 15.9 Å². The predicted octanol–water partition coefficient (Wildman–Crippen LogP) is 3.19. The fourth-order valence-corrected chi connectivity index (χ4v) is 3.14. The maximum absolute atomic E-state index is 6.49. The molecule has 0 spiro atoms. The molecule has 2 rings (SSSR count). The van der Waals surface area contributed by atoms with Gasteiger partial charge in [-0.3, -0.25) is 0 Å². The highest BCUT2D eigenvalue weighted by Gasteiger charge is 2.35. The number of methoxy groups -OCH3 is 2. The van der Waals surface area contributed by atoms with E-state index in [0.29, 0.717) is 0 Å². The zero-order valence-electron chi connectivity index (χ0n) is 10.3. The molecule has 4 heteroatoms. The van der Waals surface area contributed by atoms with Crippen molar-refractivity contribution in [2.45, 2.75) is 31.2 Å². The lowest BCUT2D eigenvalue weighted by molar-refractivity contribution is 0.369. The van der Waals surface area contributed by atoms with Crippen molar-refractivity contribution >= 4 is 15.9 Å². The van der Waals surface area contributed by atoms with Gasteiger partial charge in [0.1, 0.15) is 11.5 Å². The first kappa shape index (κ1) is 12.7. The topological polar surface area (TPSA) is 44.5 Å². The van der Waals surface area contributed by atoms with Crippen molar-refractivity contribution in [3.63, 3.8) is 0 Å². The Labute approximate surface area is 110 Å². The molecule has 2 N–H and O–H groups in total. The molecule has 1 fully saturated rings. The molecule has 0 saturated heterocycles. The van der Waals surface area contributed by atoms with Crippen LogP contribution in [0.2, 0.25) is 0 Å². The van der Waals surface area contributed by atoms with Crippen molar-refractivity contribution in [1.29, 1.82) is 0 Å². The van der Waals surface area contributed by atoms with Gasteiger partial charge < -0.3 is 15.2 Å². The average molecular weight is 300 g/mol. The minimum absolute atomic E-state index is 0.275. The monoisotopic (exact) mass is 299 g/mol. The van der Waals surface area contributed by atoms with Crippen molar-refractivity contribution in [3.05, 3.63) is 22.2 Å². The lowest BCUT2D eigenvalue weighted by Gasteiger charge is -2.27. The largest absolute Gasteiger partial charge is 0.497 e. The van der Waals surface area contributed by atoms with Crippen molar-refractivity contribution in [1.82, 2.24) is 0 Å². The minimum Gasteiger partial charge on any atom is -0.497 e. The fourth-order valence-electron chi connectivity index (χ4n) is 2.54. The minimum atomic E-state index is -0.275.